The van der Waals surface area contributed by atoms with Crippen LogP contribution < -0.4 is 16.8 Å². The normalized spacial score (nSPS) is 13.0. The van der Waals surface area contributed by atoms with Crippen molar-refractivity contribution in [3.8, 4) is 0 Å². The van der Waals surface area contributed by atoms with E-state index >= 15 is 0 Å². The van der Waals surface area contributed by atoms with Crippen LogP contribution >= 0.6 is 0 Å². The second-order valence-corrected chi connectivity index (χ2v) is 4.88. The molecule has 0 aliphatic rings. The maximum Gasteiger partial charge on any atom is 0.416 e. The standard InChI is InChI=1S/C16H16F3N5/c1-22-13-4-2-3-11(9-13)15(21)24-23-14(20)10-5-7-12(8-6-10)16(17,18)19/h2-9,22H,1H3,(H2,20,23)(H2,21,24). The molecule has 0 aromatic heterocycles. The Morgan fingerprint density at radius 3 is 2.04 bits per heavy atom. The van der Waals surface area contributed by atoms with Crippen molar-refractivity contribution in [3.63, 3.8) is 0 Å². The van der Waals surface area contributed by atoms with Gasteiger partial charge in [-0.1, -0.05) is 24.3 Å². The SMILES string of the molecule is CNc1cccc(/C(N)=N/N=C(\N)c2ccc(C(F)(F)F)cc2)c1. The quantitative estimate of drug-likeness (QED) is 0.456. The Hall–Kier alpha value is -3.03. The van der Waals surface area contributed by atoms with Gasteiger partial charge in [0.15, 0.2) is 11.7 Å². The molecule has 2 aromatic carbocycles. The van der Waals surface area contributed by atoms with E-state index in [0.717, 1.165) is 17.8 Å². The van der Waals surface area contributed by atoms with E-state index in [2.05, 4.69) is 15.5 Å². The first-order valence-electron chi connectivity index (χ1n) is 6.93. The third-order valence-corrected chi connectivity index (χ3v) is 3.22. The van der Waals surface area contributed by atoms with Crippen LogP contribution in [0.3, 0.4) is 0 Å². The van der Waals surface area contributed by atoms with Crippen molar-refractivity contribution < 1.29 is 13.2 Å². The number of anilines is 1. The highest BCUT2D eigenvalue weighted by atomic mass is 19.4. The van der Waals surface area contributed by atoms with E-state index < -0.39 is 11.7 Å². The Bertz CT molecular complexity index is 764. The van der Waals surface area contributed by atoms with Gasteiger partial charge in [0.05, 0.1) is 5.56 Å². The molecule has 0 saturated carbocycles. The largest absolute Gasteiger partial charge is 0.416 e. The first-order chi connectivity index (χ1) is 11.3. The molecule has 24 heavy (non-hydrogen) atoms. The number of nitrogens with zero attached hydrogens (tertiary/aromatic N) is 2. The summed E-state index contributed by atoms with van der Waals surface area (Å²) in [6.07, 6.45) is -4.40. The van der Waals surface area contributed by atoms with Crippen molar-refractivity contribution in [2.75, 3.05) is 12.4 Å². The summed E-state index contributed by atoms with van der Waals surface area (Å²) in [5.41, 5.74) is 12.6. The third-order valence-electron chi connectivity index (χ3n) is 3.22. The van der Waals surface area contributed by atoms with Crippen LogP contribution in [0.25, 0.3) is 0 Å². The number of amidine groups is 2. The highest BCUT2D eigenvalue weighted by Gasteiger charge is 2.30. The van der Waals surface area contributed by atoms with E-state index in [4.69, 9.17) is 11.5 Å². The number of rotatable bonds is 4. The molecule has 2 aromatic rings. The maximum atomic E-state index is 12.5. The molecule has 0 bridgehead atoms. The van der Waals surface area contributed by atoms with Crippen molar-refractivity contribution >= 4 is 17.4 Å². The first-order valence-corrected chi connectivity index (χ1v) is 6.93. The van der Waals surface area contributed by atoms with Crippen LogP contribution in [0.1, 0.15) is 16.7 Å². The number of halogens is 3. The van der Waals surface area contributed by atoms with Gasteiger partial charge in [0.2, 0.25) is 0 Å². The number of alkyl halides is 3. The minimum Gasteiger partial charge on any atom is -0.388 e. The summed E-state index contributed by atoms with van der Waals surface area (Å²) in [4.78, 5) is 0. The fraction of sp³-hybridized carbons (Fsp3) is 0.125. The summed E-state index contributed by atoms with van der Waals surface area (Å²) < 4.78 is 37.6. The molecule has 5 nitrogen and oxygen atoms in total. The van der Waals surface area contributed by atoms with Crippen molar-refractivity contribution in [2.24, 2.45) is 21.7 Å². The second kappa shape index (κ2) is 7.03. The fourth-order valence-corrected chi connectivity index (χ4v) is 1.89. The molecule has 0 aliphatic carbocycles. The van der Waals surface area contributed by atoms with E-state index in [-0.39, 0.29) is 11.7 Å². The Morgan fingerprint density at radius 1 is 0.917 bits per heavy atom. The fourth-order valence-electron chi connectivity index (χ4n) is 1.89. The summed E-state index contributed by atoms with van der Waals surface area (Å²) in [6, 6.07) is 11.5. The maximum absolute atomic E-state index is 12.5. The molecule has 126 valence electrons. The average Bonchev–Trinajstić information content (AvgIpc) is 2.58. The molecule has 0 spiro atoms. The molecular weight excluding hydrogens is 319 g/mol. The van der Waals surface area contributed by atoms with Gasteiger partial charge in [-0.25, -0.2) is 0 Å². The van der Waals surface area contributed by atoms with E-state index in [1.807, 2.05) is 6.07 Å². The topological polar surface area (TPSA) is 88.8 Å². The Labute approximate surface area is 136 Å². The zero-order valence-corrected chi connectivity index (χ0v) is 12.8. The highest BCUT2D eigenvalue weighted by molar-refractivity contribution is 6.00. The van der Waals surface area contributed by atoms with Crippen LogP contribution in [0, 0.1) is 0 Å². The Morgan fingerprint density at radius 2 is 1.50 bits per heavy atom. The summed E-state index contributed by atoms with van der Waals surface area (Å²) in [5, 5.41) is 10.6. The molecule has 2 rings (SSSR count). The van der Waals surface area contributed by atoms with Gasteiger partial charge >= 0.3 is 6.18 Å². The van der Waals surface area contributed by atoms with Crippen LogP contribution in [-0.4, -0.2) is 18.7 Å². The van der Waals surface area contributed by atoms with Gasteiger partial charge in [-0.05, 0) is 24.3 Å². The zero-order chi connectivity index (χ0) is 17.7. The van der Waals surface area contributed by atoms with Gasteiger partial charge in [-0.15, -0.1) is 10.2 Å². The molecule has 0 amide bonds. The lowest BCUT2D eigenvalue weighted by Gasteiger charge is -2.07. The molecule has 0 radical (unpaired) electrons. The Kier molecular flexibility index (Phi) is 5.08. The van der Waals surface area contributed by atoms with Gasteiger partial charge in [0.1, 0.15) is 0 Å². The summed E-state index contributed by atoms with van der Waals surface area (Å²) in [6.45, 7) is 0. The number of hydrogen-bond acceptors (Lipinski definition) is 3. The van der Waals surface area contributed by atoms with Gasteiger partial charge in [0, 0.05) is 23.9 Å². The van der Waals surface area contributed by atoms with Crippen molar-refractivity contribution in [1.82, 2.24) is 0 Å². The molecular formula is C16H16F3N5. The summed E-state index contributed by atoms with van der Waals surface area (Å²) in [7, 11) is 1.77. The Balaban J connectivity index is 2.20. The van der Waals surface area contributed by atoms with E-state index in [9.17, 15) is 13.2 Å². The molecule has 0 fully saturated rings. The minimum absolute atomic E-state index is 0.0311. The number of nitrogens with two attached hydrogens (primary N) is 2. The highest BCUT2D eigenvalue weighted by Crippen LogP contribution is 2.29. The van der Waals surface area contributed by atoms with Gasteiger partial charge in [-0.2, -0.15) is 13.2 Å². The van der Waals surface area contributed by atoms with Crippen molar-refractivity contribution in [1.29, 1.82) is 0 Å². The monoisotopic (exact) mass is 335 g/mol. The van der Waals surface area contributed by atoms with Crippen LogP contribution in [-0.2, 0) is 6.18 Å². The lowest BCUT2D eigenvalue weighted by Crippen LogP contribution is -2.16. The van der Waals surface area contributed by atoms with Crippen molar-refractivity contribution in [3.05, 3.63) is 65.2 Å². The number of nitrogens with one attached hydrogen (secondary N) is 1. The predicted octanol–water partition coefficient (Wildman–Crippen LogP) is 2.77. The summed E-state index contributed by atoms with van der Waals surface area (Å²) in [5.74, 6) is 0.110. The average molecular weight is 335 g/mol. The summed E-state index contributed by atoms with van der Waals surface area (Å²) >= 11 is 0. The van der Waals surface area contributed by atoms with Gasteiger partial charge in [-0.3, -0.25) is 0 Å². The molecule has 0 aliphatic heterocycles. The second-order valence-electron chi connectivity index (χ2n) is 4.88. The molecule has 0 unspecified atom stereocenters. The van der Waals surface area contributed by atoms with Crippen LogP contribution in [0.5, 0.6) is 0 Å². The predicted molar refractivity (Wildman–Crippen MR) is 88.9 cm³/mol. The number of benzene rings is 2. The van der Waals surface area contributed by atoms with Crippen LogP contribution in [0.4, 0.5) is 18.9 Å². The zero-order valence-electron chi connectivity index (χ0n) is 12.8. The van der Waals surface area contributed by atoms with Crippen LogP contribution in [0.15, 0.2) is 58.7 Å². The first kappa shape index (κ1) is 17.3. The lowest BCUT2D eigenvalue weighted by atomic mass is 10.1. The molecule has 8 heteroatoms. The molecule has 0 heterocycles. The minimum atomic E-state index is -4.40. The third kappa shape index (κ3) is 4.25. The number of hydrogen-bond donors (Lipinski definition) is 3. The van der Waals surface area contributed by atoms with Gasteiger partial charge in [0.25, 0.3) is 0 Å². The molecule has 5 N–H and O–H groups in total. The van der Waals surface area contributed by atoms with Crippen LogP contribution in [0.2, 0.25) is 0 Å². The van der Waals surface area contributed by atoms with E-state index in [0.29, 0.717) is 11.1 Å². The lowest BCUT2D eigenvalue weighted by molar-refractivity contribution is -0.137. The molecule has 0 atom stereocenters. The van der Waals surface area contributed by atoms with E-state index in [1.54, 1.807) is 25.2 Å². The smallest absolute Gasteiger partial charge is 0.388 e. The molecule has 0 saturated heterocycles. The van der Waals surface area contributed by atoms with Crippen molar-refractivity contribution in [2.45, 2.75) is 6.18 Å². The van der Waals surface area contributed by atoms with E-state index in [1.165, 1.54) is 12.1 Å². The van der Waals surface area contributed by atoms with Gasteiger partial charge < -0.3 is 16.8 Å².